The number of nitrogens with one attached hydrogen (secondary N) is 1. The zero-order chi connectivity index (χ0) is 19.6. The fraction of sp³-hybridized carbons (Fsp3) is 0.625. The average molecular weight is 395 g/mol. The minimum atomic E-state index is -1.10. The molecule has 1 fully saturated rings. The van der Waals surface area contributed by atoms with E-state index in [0.29, 0.717) is 22.8 Å². The van der Waals surface area contributed by atoms with Crippen molar-refractivity contribution in [3.8, 4) is 0 Å². The Bertz CT molecular complexity index is 813. The number of ether oxygens (including phenoxy) is 1. The normalized spacial score (nSPS) is 25.9. The SMILES string of the molecule is CSC[C@H]1O[C@@H](n2cnc3c(N)nc(N/N=C/CC(C)C)nc32)[C@H](O)[C@@H]1O. The van der Waals surface area contributed by atoms with Crippen LogP contribution in [0.2, 0.25) is 0 Å². The molecule has 1 aliphatic rings. The van der Waals surface area contributed by atoms with Gasteiger partial charge in [-0.25, -0.2) is 10.4 Å². The van der Waals surface area contributed by atoms with E-state index in [1.165, 1.54) is 18.1 Å². The van der Waals surface area contributed by atoms with E-state index in [0.717, 1.165) is 6.42 Å². The second kappa shape index (κ2) is 8.38. The fourth-order valence-electron chi connectivity index (χ4n) is 2.80. The number of hydrogen-bond donors (Lipinski definition) is 4. The van der Waals surface area contributed by atoms with Gasteiger partial charge in [-0.3, -0.25) is 4.57 Å². The summed E-state index contributed by atoms with van der Waals surface area (Å²) in [7, 11) is 0. The monoisotopic (exact) mass is 395 g/mol. The maximum Gasteiger partial charge on any atom is 0.247 e. The number of nitrogens with zero attached hydrogens (tertiary/aromatic N) is 5. The summed E-state index contributed by atoms with van der Waals surface area (Å²) >= 11 is 1.53. The highest BCUT2D eigenvalue weighted by Gasteiger charge is 2.44. The molecule has 4 atom stereocenters. The van der Waals surface area contributed by atoms with E-state index >= 15 is 0 Å². The van der Waals surface area contributed by atoms with Gasteiger partial charge in [0.2, 0.25) is 5.95 Å². The van der Waals surface area contributed by atoms with Gasteiger partial charge in [0.05, 0.1) is 12.4 Å². The van der Waals surface area contributed by atoms with Gasteiger partial charge in [-0.15, -0.1) is 0 Å². The second-order valence-corrected chi connectivity index (χ2v) is 7.72. The molecule has 1 aliphatic heterocycles. The smallest absolute Gasteiger partial charge is 0.247 e. The summed E-state index contributed by atoms with van der Waals surface area (Å²) in [6, 6.07) is 0. The quantitative estimate of drug-likeness (QED) is 0.396. The molecule has 3 heterocycles. The van der Waals surface area contributed by atoms with Crippen LogP contribution < -0.4 is 11.2 Å². The zero-order valence-corrected chi connectivity index (χ0v) is 16.3. The molecular weight excluding hydrogens is 370 g/mol. The number of hydrazone groups is 1. The summed E-state index contributed by atoms with van der Waals surface area (Å²) < 4.78 is 7.39. The van der Waals surface area contributed by atoms with E-state index in [9.17, 15) is 10.2 Å². The number of aliphatic hydroxyl groups excluding tert-OH is 2. The van der Waals surface area contributed by atoms with Crippen molar-refractivity contribution in [2.24, 2.45) is 11.0 Å². The lowest BCUT2D eigenvalue weighted by atomic mass is 10.1. The highest BCUT2D eigenvalue weighted by atomic mass is 32.2. The summed E-state index contributed by atoms with van der Waals surface area (Å²) in [5, 5.41) is 24.7. The van der Waals surface area contributed by atoms with Gasteiger partial charge >= 0.3 is 0 Å². The van der Waals surface area contributed by atoms with Gasteiger partial charge in [0.1, 0.15) is 17.7 Å². The Labute approximate surface area is 161 Å². The molecule has 0 spiro atoms. The molecular formula is C16H25N7O3S. The standard InChI is InChI=1S/C16H25N7O3S/c1-8(2)4-5-19-22-16-20-13(17)10-14(21-16)23(7-18-10)15-12(25)11(24)9(26-15)6-27-3/h5,7-9,11-12,15,24-25H,4,6H2,1-3H3,(H3,17,20,21,22)/b19-5+/t9-,11-,12-,15-/m1/s1. The lowest BCUT2D eigenvalue weighted by molar-refractivity contribution is -0.0288. The van der Waals surface area contributed by atoms with E-state index in [1.807, 2.05) is 6.26 Å². The van der Waals surface area contributed by atoms with Crippen molar-refractivity contribution in [3.63, 3.8) is 0 Å². The van der Waals surface area contributed by atoms with Crippen LogP contribution in [-0.2, 0) is 4.74 Å². The Balaban J connectivity index is 1.87. The molecule has 2 aromatic rings. The van der Waals surface area contributed by atoms with Crippen LogP contribution in [0.25, 0.3) is 11.2 Å². The highest BCUT2D eigenvalue weighted by Crippen LogP contribution is 2.33. The minimum Gasteiger partial charge on any atom is -0.387 e. The number of rotatable bonds is 7. The Morgan fingerprint density at radius 3 is 2.89 bits per heavy atom. The van der Waals surface area contributed by atoms with Crippen molar-refractivity contribution < 1.29 is 14.9 Å². The third-order valence-corrected chi connectivity index (χ3v) is 4.89. The molecule has 148 valence electrons. The molecule has 0 saturated carbocycles. The predicted octanol–water partition coefficient (Wildman–Crippen LogP) is 0.834. The molecule has 2 aromatic heterocycles. The van der Waals surface area contributed by atoms with Crippen LogP contribution in [-0.4, -0.2) is 66.3 Å². The first-order valence-electron chi connectivity index (χ1n) is 8.70. The van der Waals surface area contributed by atoms with E-state index < -0.39 is 24.5 Å². The minimum absolute atomic E-state index is 0.189. The topological polar surface area (TPSA) is 144 Å². The van der Waals surface area contributed by atoms with Crippen molar-refractivity contribution in [1.29, 1.82) is 0 Å². The number of nitrogen functional groups attached to an aromatic ring is 1. The largest absolute Gasteiger partial charge is 0.387 e. The van der Waals surface area contributed by atoms with E-state index in [-0.39, 0.29) is 11.8 Å². The third-order valence-electron chi connectivity index (χ3n) is 4.22. The number of aromatic nitrogens is 4. The number of aliphatic hydroxyl groups is 2. The first-order valence-corrected chi connectivity index (χ1v) is 10.1. The fourth-order valence-corrected chi connectivity index (χ4v) is 3.41. The Hall–Kier alpha value is -1.95. The number of fused-ring (bicyclic) bond motifs is 1. The maximum atomic E-state index is 10.4. The summed E-state index contributed by atoms with van der Waals surface area (Å²) in [4.78, 5) is 12.8. The van der Waals surface area contributed by atoms with Crippen molar-refractivity contribution in [2.75, 3.05) is 23.2 Å². The van der Waals surface area contributed by atoms with Gasteiger partial charge in [-0.2, -0.15) is 26.8 Å². The van der Waals surface area contributed by atoms with Crippen LogP contribution in [0.5, 0.6) is 0 Å². The van der Waals surface area contributed by atoms with Crippen molar-refractivity contribution in [3.05, 3.63) is 6.33 Å². The summed E-state index contributed by atoms with van der Waals surface area (Å²) in [6.45, 7) is 4.19. The number of anilines is 2. The predicted molar refractivity (Wildman–Crippen MR) is 106 cm³/mol. The van der Waals surface area contributed by atoms with Gasteiger partial charge in [0.15, 0.2) is 17.7 Å². The van der Waals surface area contributed by atoms with Gasteiger partial charge in [0.25, 0.3) is 0 Å². The van der Waals surface area contributed by atoms with Crippen LogP contribution in [0.1, 0.15) is 26.5 Å². The highest BCUT2D eigenvalue weighted by molar-refractivity contribution is 7.98. The van der Waals surface area contributed by atoms with Gasteiger partial charge in [-0.1, -0.05) is 13.8 Å². The molecule has 3 rings (SSSR count). The number of imidazole rings is 1. The van der Waals surface area contributed by atoms with Crippen molar-refractivity contribution in [1.82, 2.24) is 19.5 Å². The molecule has 0 radical (unpaired) electrons. The van der Waals surface area contributed by atoms with Crippen LogP contribution in [0.3, 0.4) is 0 Å². The van der Waals surface area contributed by atoms with Gasteiger partial charge in [0, 0.05) is 12.0 Å². The van der Waals surface area contributed by atoms with Gasteiger partial charge in [-0.05, 0) is 18.6 Å². The molecule has 5 N–H and O–H groups in total. The first kappa shape index (κ1) is 19.8. The molecule has 0 amide bonds. The van der Waals surface area contributed by atoms with E-state index in [4.69, 9.17) is 10.5 Å². The van der Waals surface area contributed by atoms with E-state index in [1.54, 1.807) is 10.8 Å². The Morgan fingerprint density at radius 2 is 2.19 bits per heavy atom. The maximum absolute atomic E-state index is 10.4. The third kappa shape index (κ3) is 4.15. The van der Waals surface area contributed by atoms with Crippen molar-refractivity contribution >= 4 is 40.9 Å². The molecule has 27 heavy (non-hydrogen) atoms. The van der Waals surface area contributed by atoms with Crippen LogP contribution >= 0.6 is 11.8 Å². The molecule has 0 aromatic carbocycles. The molecule has 1 saturated heterocycles. The number of hydrogen-bond acceptors (Lipinski definition) is 10. The van der Waals surface area contributed by atoms with Crippen LogP contribution in [0, 0.1) is 5.92 Å². The zero-order valence-electron chi connectivity index (χ0n) is 15.5. The molecule has 0 aliphatic carbocycles. The average Bonchev–Trinajstić information content (AvgIpc) is 3.16. The number of nitrogens with two attached hydrogens (primary N) is 1. The summed E-state index contributed by atoms with van der Waals surface area (Å²) in [5.74, 6) is 1.46. The summed E-state index contributed by atoms with van der Waals surface area (Å²) in [6.07, 6.45) is 2.58. The van der Waals surface area contributed by atoms with E-state index in [2.05, 4.69) is 39.3 Å². The second-order valence-electron chi connectivity index (χ2n) is 6.81. The first-order chi connectivity index (χ1) is 12.9. The summed E-state index contributed by atoms with van der Waals surface area (Å²) in [5.41, 5.74) is 9.53. The number of thioether (sulfide) groups is 1. The molecule has 0 bridgehead atoms. The van der Waals surface area contributed by atoms with Crippen molar-refractivity contribution in [2.45, 2.75) is 44.8 Å². The van der Waals surface area contributed by atoms with Gasteiger partial charge < -0.3 is 20.7 Å². The molecule has 0 unspecified atom stereocenters. The van der Waals surface area contributed by atoms with Crippen LogP contribution in [0.4, 0.5) is 11.8 Å². The molecule has 10 nitrogen and oxygen atoms in total. The molecule has 11 heteroatoms. The Kier molecular flexibility index (Phi) is 6.15. The lowest BCUT2D eigenvalue weighted by Gasteiger charge is -2.16. The Morgan fingerprint density at radius 1 is 1.41 bits per heavy atom. The van der Waals surface area contributed by atoms with Crippen LogP contribution in [0.15, 0.2) is 11.4 Å². The lowest BCUT2D eigenvalue weighted by Crippen LogP contribution is -2.32.